The molecule has 1 amide bonds. The Morgan fingerprint density at radius 1 is 1.21 bits per heavy atom. The Morgan fingerprint density at radius 3 is 2.47 bits per heavy atom. The van der Waals surface area contributed by atoms with E-state index >= 15 is 0 Å². The molecule has 0 aromatic rings. The highest BCUT2D eigenvalue weighted by Crippen LogP contribution is 2.45. The minimum Gasteiger partial charge on any atom is -0.462 e. The van der Waals surface area contributed by atoms with Crippen molar-refractivity contribution >= 4 is 11.9 Å². The zero-order valence-electron chi connectivity index (χ0n) is 12.2. The van der Waals surface area contributed by atoms with Crippen molar-refractivity contribution in [1.29, 1.82) is 0 Å². The van der Waals surface area contributed by atoms with Crippen LogP contribution in [0, 0.1) is 17.3 Å². The Morgan fingerprint density at radius 2 is 1.95 bits per heavy atom. The van der Waals surface area contributed by atoms with Gasteiger partial charge in [0, 0.05) is 12.0 Å². The van der Waals surface area contributed by atoms with E-state index in [4.69, 9.17) is 4.74 Å². The molecule has 2 aliphatic rings. The number of esters is 1. The van der Waals surface area contributed by atoms with Gasteiger partial charge in [0.05, 0.1) is 6.42 Å². The molecule has 3 atom stereocenters. The molecule has 4 nitrogen and oxygen atoms in total. The van der Waals surface area contributed by atoms with E-state index in [0.29, 0.717) is 12.5 Å². The first kappa shape index (κ1) is 14.4. The number of nitrogens with one attached hydrogen (secondary N) is 1. The molecule has 0 heterocycles. The first-order valence-corrected chi connectivity index (χ1v) is 7.34. The number of fused-ring (bicyclic) bond motifs is 2. The normalized spacial score (nSPS) is 29.3. The predicted molar refractivity (Wildman–Crippen MR) is 72.4 cm³/mol. The average Bonchev–Trinajstić information content (AvgIpc) is 2.89. The van der Waals surface area contributed by atoms with E-state index in [-0.39, 0.29) is 24.4 Å². The molecule has 108 valence electrons. The molecule has 2 bridgehead atoms. The lowest BCUT2D eigenvalue weighted by Gasteiger charge is -2.22. The Balaban J connectivity index is 1.64. The molecule has 4 heteroatoms. The van der Waals surface area contributed by atoms with Gasteiger partial charge in [-0.3, -0.25) is 9.59 Å². The molecule has 1 N–H and O–H groups in total. The van der Waals surface area contributed by atoms with E-state index < -0.39 is 5.41 Å². The van der Waals surface area contributed by atoms with Gasteiger partial charge in [-0.15, -0.1) is 0 Å². The molecular formula is C15H25NO3. The second-order valence-electron chi connectivity index (χ2n) is 6.96. The largest absolute Gasteiger partial charge is 0.462 e. The van der Waals surface area contributed by atoms with E-state index in [1.807, 2.05) is 20.8 Å². The molecule has 0 aromatic carbocycles. The standard InChI is InChI=1S/C15H25NO3/c1-15(2,3)14(18)16-7-6-13(17)19-12-9-10-4-5-11(12)8-10/h10-12H,4-9H2,1-3H3,(H,16,18). The van der Waals surface area contributed by atoms with E-state index in [1.165, 1.54) is 19.3 Å². The highest BCUT2D eigenvalue weighted by Gasteiger charge is 2.41. The van der Waals surface area contributed by atoms with Gasteiger partial charge in [-0.2, -0.15) is 0 Å². The molecule has 2 rings (SSSR count). The molecule has 19 heavy (non-hydrogen) atoms. The van der Waals surface area contributed by atoms with E-state index in [9.17, 15) is 9.59 Å². The second kappa shape index (κ2) is 5.51. The SMILES string of the molecule is CC(C)(C)C(=O)NCCC(=O)OC1CC2CCC1C2. The molecule has 2 fully saturated rings. The van der Waals surface area contributed by atoms with Crippen LogP contribution in [0.3, 0.4) is 0 Å². The van der Waals surface area contributed by atoms with Crippen molar-refractivity contribution in [3.05, 3.63) is 0 Å². The van der Waals surface area contributed by atoms with Gasteiger partial charge in [0.15, 0.2) is 0 Å². The van der Waals surface area contributed by atoms with Crippen LogP contribution in [0.25, 0.3) is 0 Å². The minimum absolute atomic E-state index is 0.0276. The van der Waals surface area contributed by atoms with Crippen LogP contribution in [0.15, 0.2) is 0 Å². The summed E-state index contributed by atoms with van der Waals surface area (Å²) in [5, 5.41) is 2.77. The number of amides is 1. The maximum atomic E-state index is 11.7. The Kier molecular flexibility index (Phi) is 4.16. The second-order valence-corrected chi connectivity index (χ2v) is 6.96. The third-order valence-corrected chi connectivity index (χ3v) is 4.25. The molecule has 0 radical (unpaired) electrons. The van der Waals surface area contributed by atoms with Gasteiger partial charge in [-0.05, 0) is 37.5 Å². The molecular weight excluding hydrogens is 242 g/mol. The Labute approximate surface area is 115 Å². The fourth-order valence-corrected chi connectivity index (χ4v) is 3.10. The van der Waals surface area contributed by atoms with Crippen LogP contribution in [0.4, 0.5) is 0 Å². The van der Waals surface area contributed by atoms with Gasteiger partial charge in [0.25, 0.3) is 0 Å². The summed E-state index contributed by atoms with van der Waals surface area (Å²) in [4.78, 5) is 23.4. The molecule has 0 saturated heterocycles. The highest BCUT2D eigenvalue weighted by atomic mass is 16.5. The zero-order chi connectivity index (χ0) is 14.0. The van der Waals surface area contributed by atoms with Crippen LogP contribution in [-0.2, 0) is 14.3 Å². The molecule has 0 aromatic heterocycles. The van der Waals surface area contributed by atoms with Gasteiger partial charge >= 0.3 is 5.97 Å². The van der Waals surface area contributed by atoms with Gasteiger partial charge in [-0.1, -0.05) is 20.8 Å². The first-order valence-electron chi connectivity index (χ1n) is 7.34. The van der Waals surface area contributed by atoms with E-state index in [0.717, 1.165) is 12.3 Å². The highest BCUT2D eigenvalue weighted by molar-refractivity contribution is 5.81. The fraction of sp³-hybridized carbons (Fsp3) is 0.867. The van der Waals surface area contributed by atoms with Gasteiger partial charge in [0.2, 0.25) is 5.91 Å². The first-order chi connectivity index (χ1) is 8.86. The predicted octanol–water partition coefficient (Wildman–Crippen LogP) is 2.27. The van der Waals surface area contributed by atoms with Gasteiger partial charge in [-0.25, -0.2) is 0 Å². The number of hydrogen-bond donors (Lipinski definition) is 1. The van der Waals surface area contributed by atoms with Crippen LogP contribution in [-0.4, -0.2) is 24.5 Å². The van der Waals surface area contributed by atoms with Crippen molar-refractivity contribution in [1.82, 2.24) is 5.32 Å². The fourth-order valence-electron chi connectivity index (χ4n) is 3.10. The minimum atomic E-state index is -0.408. The van der Waals surface area contributed by atoms with Crippen molar-refractivity contribution in [2.75, 3.05) is 6.54 Å². The van der Waals surface area contributed by atoms with Crippen LogP contribution >= 0.6 is 0 Å². The lowest BCUT2D eigenvalue weighted by Crippen LogP contribution is -2.36. The maximum Gasteiger partial charge on any atom is 0.307 e. The monoisotopic (exact) mass is 267 g/mol. The van der Waals surface area contributed by atoms with Crippen LogP contribution < -0.4 is 5.32 Å². The quantitative estimate of drug-likeness (QED) is 0.795. The summed E-state index contributed by atoms with van der Waals surface area (Å²) >= 11 is 0. The van der Waals surface area contributed by atoms with E-state index in [2.05, 4.69) is 5.32 Å². The Bertz CT molecular complexity index is 359. The summed E-state index contributed by atoms with van der Waals surface area (Å²) in [6.07, 6.45) is 5.22. The molecule has 2 aliphatic carbocycles. The van der Waals surface area contributed by atoms with Crippen molar-refractivity contribution in [2.24, 2.45) is 17.3 Å². The van der Waals surface area contributed by atoms with Crippen LogP contribution in [0.1, 0.15) is 52.9 Å². The van der Waals surface area contributed by atoms with Crippen molar-refractivity contribution in [3.8, 4) is 0 Å². The number of hydrogen-bond acceptors (Lipinski definition) is 3. The summed E-state index contributed by atoms with van der Waals surface area (Å²) in [6.45, 7) is 5.94. The van der Waals surface area contributed by atoms with Gasteiger partial charge in [0.1, 0.15) is 6.10 Å². The summed E-state index contributed by atoms with van der Waals surface area (Å²) in [5.74, 6) is 1.17. The summed E-state index contributed by atoms with van der Waals surface area (Å²) in [7, 11) is 0. The van der Waals surface area contributed by atoms with E-state index in [1.54, 1.807) is 0 Å². The van der Waals surface area contributed by atoms with Crippen molar-refractivity contribution in [2.45, 2.75) is 59.0 Å². The average molecular weight is 267 g/mol. The van der Waals surface area contributed by atoms with Crippen LogP contribution in [0.2, 0.25) is 0 Å². The lowest BCUT2D eigenvalue weighted by molar-refractivity contribution is -0.151. The zero-order valence-corrected chi connectivity index (χ0v) is 12.2. The topological polar surface area (TPSA) is 55.4 Å². The lowest BCUT2D eigenvalue weighted by atomic mass is 9.96. The number of carbonyl (C=O) groups excluding carboxylic acids is 2. The third kappa shape index (κ3) is 3.71. The maximum absolute atomic E-state index is 11.7. The van der Waals surface area contributed by atoms with Crippen LogP contribution in [0.5, 0.6) is 0 Å². The Hall–Kier alpha value is -1.06. The van der Waals surface area contributed by atoms with Gasteiger partial charge < -0.3 is 10.1 Å². The molecule has 0 spiro atoms. The molecule has 2 saturated carbocycles. The summed E-state index contributed by atoms with van der Waals surface area (Å²) in [6, 6.07) is 0. The van der Waals surface area contributed by atoms with Crippen molar-refractivity contribution in [3.63, 3.8) is 0 Å². The smallest absolute Gasteiger partial charge is 0.307 e. The summed E-state index contributed by atoms with van der Waals surface area (Å²) < 4.78 is 5.52. The number of ether oxygens (including phenoxy) is 1. The number of carbonyl (C=O) groups is 2. The summed E-state index contributed by atoms with van der Waals surface area (Å²) in [5.41, 5.74) is -0.408. The van der Waals surface area contributed by atoms with Crippen molar-refractivity contribution < 1.29 is 14.3 Å². The molecule has 3 unspecified atom stereocenters. The number of rotatable bonds is 4. The third-order valence-electron chi connectivity index (χ3n) is 4.25. The molecule has 0 aliphatic heterocycles.